The van der Waals surface area contributed by atoms with Crippen molar-refractivity contribution in [2.75, 3.05) is 19.7 Å². The highest BCUT2D eigenvalue weighted by atomic mass is 35.5. The van der Waals surface area contributed by atoms with Gasteiger partial charge in [-0.05, 0) is 36.1 Å². The van der Waals surface area contributed by atoms with Gasteiger partial charge >= 0.3 is 6.03 Å². The van der Waals surface area contributed by atoms with E-state index >= 15 is 0 Å². The molecular formula is C21H26ClN3O2. The smallest absolute Gasteiger partial charge is 0.315 e. The average molecular weight is 388 g/mol. The van der Waals surface area contributed by atoms with Gasteiger partial charge in [-0.1, -0.05) is 54.1 Å². The first-order chi connectivity index (χ1) is 13.1. The number of hydrogen-bond donors (Lipinski definition) is 3. The highest BCUT2D eigenvalue weighted by Gasteiger charge is 2.22. The molecule has 1 fully saturated rings. The van der Waals surface area contributed by atoms with Gasteiger partial charge in [0.2, 0.25) is 0 Å². The summed E-state index contributed by atoms with van der Waals surface area (Å²) in [5, 5.41) is 16.2. The molecule has 1 atom stereocenters. The number of nitrogens with zero attached hydrogens (tertiary/aromatic N) is 1. The molecule has 1 aliphatic rings. The minimum atomic E-state index is -0.392. The number of aliphatic hydroxyl groups is 1. The number of carbonyl (C=O) groups is 1. The van der Waals surface area contributed by atoms with Gasteiger partial charge in [-0.2, -0.15) is 0 Å². The van der Waals surface area contributed by atoms with Gasteiger partial charge < -0.3 is 15.7 Å². The van der Waals surface area contributed by atoms with Gasteiger partial charge in [0, 0.05) is 30.7 Å². The zero-order valence-electron chi connectivity index (χ0n) is 15.3. The molecule has 0 radical (unpaired) electrons. The van der Waals surface area contributed by atoms with E-state index in [-0.39, 0.29) is 18.7 Å². The summed E-state index contributed by atoms with van der Waals surface area (Å²) in [6.07, 6.45) is 1.83. The van der Waals surface area contributed by atoms with Crippen LogP contribution in [0.4, 0.5) is 4.79 Å². The van der Waals surface area contributed by atoms with Crippen LogP contribution in [0.5, 0.6) is 0 Å². The molecule has 1 aliphatic heterocycles. The van der Waals surface area contributed by atoms with Crippen molar-refractivity contribution in [1.29, 1.82) is 0 Å². The van der Waals surface area contributed by atoms with Crippen molar-refractivity contribution in [1.82, 2.24) is 15.5 Å². The largest absolute Gasteiger partial charge is 0.394 e. The molecule has 0 aromatic heterocycles. The third-order valence-electron chi connectivity index (χ3n) is 4.93. The Morgan fingerprint density at radius 3 is 2.41 bits per heavy atom. The molecule has 27 heavy (non-hydrogen) atoms. The lowest BCUT2D eigenvalue weighted by Gasteiger charge is -2.32. The van der Waals surface area contributed by atoms with Crippen LogP contribution in [0, 0.1) is 0 Å². The van der Waals surface area contributed by atoms with Crippen LogP contribution >= 0.6 is 11.6 Å². The molecule has 0 unspecified atom stereocenters. The van der Waals surface area contributed by atoms with Crippen molar-refractivity contribution in [3.63, 3.8) is 0 Å². The third-order valence-corrected chi connectivity index (χ3v) is 5.18. The van der Waals surface area contributed by atoms with E-state index in [1.54, 1.807) is 0 Å². The summed E-state index contributed by atoms with van der Waals surface area (Å²) in [5.74, 6) is 0. The summed E-state index contributed by atoms with van der Waals surface area (Å²) < 4.78 is 0. The summed E-state index contributed by atoms with van der Waals surface area (Å²) in [4.78, 5) is 14.7. The number of piperidine rings is 1. The predicted molar refractivity (Wildman–Crippen MR) is 108 cm³/mol. The Morgan fingerprint density at radius 1 is 1.11 bits per heavy atom. The quantitative estimate of drug-likeness (QED) is 0.712. The first-order valence-electron chi connectivity index (χ1n) is 9.33. The molecular weight excluding hydrogens is 362 g/mol. The molecule has 6 heteroatoms. The van der Waals surface area contributed by atoms with Crippen LogP contribution < -0.4 is 10.6 Å². The van der Waals surface area contributed by atoms with Crippen LogP contribution in [-0.4, -0.2) is 41.8 Å². The number of hydrogen-bond acceptors (Lipinski definition) is 3. The summed E-state index contributed by atoms with van der Waals surface area (Å²) >= 11 is 5.93. The standard InChI is InChI=1S/C21H26ClN3O2/c22-18-8-6-16(7-9-18)14-25-12-10-19(11-13-25)23-21(27)24-20(15-26)17-4-2-1-3-5-17/h1-9,19-20,26H,10-15H2,(H2,23,24,27)/t20-/m1/s1. The van der Waals surface area contributed by atoms with E-state index in [4.69, 9.17) is 11.6 Å². The number of carbonyl (C=O) groups excluding carboxylic acids is 1. The molecule has 144 valence electrons. The van der Waals surface area contributed by atoms with E-state index in [0.29, 0.717) is 0 Å². The van der Waals surface area contributed by atoms with Crippen LogP contribution in [0.1, 0.15) is 30.0 Å². The molecule has 1 saturated heterocycles. The molecule has 2 aromatic carbocycles. The Hall–Kier alpha value is -2.08. The maximum atomic E-state index is 12.3. The summed E-state index contributed by atoms with van der Waals surface area (Å²) in [6, 6.07) is 17.0. The fourth-order valence-corrected chi connectivity index (χ4v) is 3.51. The van der Waals surface area contributed by atoms with E-state index < -0.39 is 6.04 Å². The van der Waals surface area contributed by atoms with Gasteiger partial charge in [-0.3, -0.25) is 4.90 Å². The van der Waals surface area contributed by atoms with Crippen molar-refractivity contribution >= 4 is 17.6 Å². The lowest BCUT2D eigenvalue weighted by atomic mass is 10.0. The second-order valence-corrected chi connectivity index (χ2v) is 7.38. The maximum absolute atomic E-state index is 12.3. The van der Waals surface area contributed by atoms with Gasteiger partial charge in [-0.15, -0.1) is 0 Å². The van der Waals surface area contributed by atoms with Crippen LogP contribution in [0.3, 0.4) is 0 Å². The Kier molecular flexibility index (Phi) is 7.10. The molecule has 0 spiro atoms. The fraction of sp³-hybridized carbons (Fsp3) is 0.381. The molecule has 2 aromatic rings. The van der Waals surface area contributed by atoms with Gasteiger partial charge in [-0.25, -0.2) is 4.79 Å². The summed E-state index contributed by atoms with van der Waals surface area (Å²) in [7, 11) is 0. The lowest BCUT2D eigenvalue weighted by Crippen LogP contribution is -2.48. The number of likely N-dealkylation sites (tertiary alicyclic amines) is 1. The third kappa shape index (κ3) is 5.96. The molecule has 0 saturated carbocycles. The topological polar surface area (TPSA) is 64.6 Å². The molecule has 3 rings (SSSR count). The van der Waals surface area contributed by atoms with Crippen molar-refractivity contribution < 1.29 is 9.90 Å². The molecule has 3 N–H and O–H groups in total. The Balaban J connectivity index is 1.43. The fourth-order valence-electron chi connectivity index (χ4n) is 3.39. The van der Waals surface area contributed by atoms with Gasteiger partial charge in [0.05, 0.1) is 12.6 Å². The maximum Gasteiger partial charge on any atom is 0.315 e. The Morgan fingerprint density at radius 2 is 1.78 bits per heavy atom. The van der Waals surface area contributed by atoms with Gasteiger partial charge in [0.15, 0.2) is 0 Å². The van der Waals surface area contributed by atoms with E-state index in [9.17, 15) is 9.90 Å². The highest BCUT2D eigenvalue weighted by Crippen LogP contribution is 2.16. The number of aliphatic hydroxyl groups excluding tert-OH is 1. The van der Waals surface area contributed by atoms with Crippen molar-refractivity contribution in [3.05, 3.63) is 70.7 Å². The van der Waals surface area contributed by atoms with Crippen molar-refractivity contribution in [2.45, 2.75) is 31.5 Å². The van der Waals surface area contributed by atoms with E-state index in [2.05, 4.69) is 27.7 Å². The lowest BCUT2D eigenvalue weighted by molar-refractivity contribution is 0.182. The van der Waals surface area contributed by atoms with E-state index in [1.807, 2.05) is 42.5 Å². The predicted octanol–water partition coefficient (Wildman–Crippen LogP) is 3.34. The number of amides is 2. The number of benzene rings is 2. The zero-order valence-corrected chi connectivity index (χ0v) is 16.0. The summed E-state index contributed by atoms with van der Waals surface area (Å²) in [6.45, 7) is 2.65. The van der Waals surface area contributed by atoms with Gasteiger partial charge in [0.1, 0.15) is 0 Å². The molecule has 5 nitrogen and oxygen atoms in total. The number of rotatable bonds is 6. The first-order valence-corrected chi connectivity index (χ1v) is 9.71. The van der Waals surface area contributed by atoms with Crippen LogP contribution in [0.15, 0.2) is 54.6 Å². The number of halogens is 1. The van der Waals surface area contributed by atoms with Gasteiger partial charge in [0.25, 0.3) is 0 Å². The SMILES string of the molecule is O=C(NC1CCN(Cc2ccc(Cl)cc2)CC1)N[C@H](CO)c1ccccc1. The van der Waals surface area contributed by atoms with Crippen LogP contribution in [0.25, 0.3) is 0 Å². The summed E-state index contributed by atoms with van der Waals surface area (Å²) in [5.41, 5.74) is 2.14. The first kappa shape index (κ1) is 19.7. The second-order valence-electron chi connectivity index (χ2n) is 6.94. The Bertz CT molecular complexity index is 716. The average Bonchev–Trinajstić information content (AvgIpc) is 2.70. The molecule has 0 aliphatic carbocycles. The second kappa shape index (κ2) is 9.74. The van der Waals surface area contributed by atoms with Crippen molar-refractivity contribution in [2.24, 2.45) is 0 Å². The molecule has 1 heterocycles. The normalized spacial score (nSPS) is 16.7. The van der Waals surface area contributed by atoms with E-state index in [0.717, 1.165) is 43.1 Å². The minimum Gasteiger partial charge on any atom is -0.394 e. The Labute approximate surface area is 165 Å². The minimum absolute atomic E-state index is 0.128. The van der Waals surface area contributed by atoms with E-state index in [1.165, 1.54) is 5.56 Å². The van der Waals surface area contributed by atoms with Crippen LogP contribution in [0.2, 0.25) is 5.02 Å². The highest BCUT2D eigenvalue weighted by molar-refractivity contribution is 6.30. The van der Waals surface area contributed by atoms with Crippen LogP contribution in [-0.2, 0) is 6.54 Å². The zero-order chi connectivity index (χ0) is 19.1. The number of urea groups is 1. The van der Waals surface area contributed by atoms with Crippen molar-refractivity contribution in [3.8, 4) is 0 Å². The molecule has 2 amide bonds. The monoisotopic (exact) mass is 387 g/mol. The number of nitrogens with one attached hydrogen (secondary N) is 2. The molecule has 0 bridgehead atoms.